The summed E-state index contributed by atoms with van der Waals surface area (Å²) in [5, 5.41) is 2.59. The third-order valence-corrected chi connectivity index (χ3v) is 8.44. The molecule has 0 spiro atoms. The molecule has 2 heterocycles. The lowest BCUT2D eigenvalue weighted by Crippen LogP contribution is -2.61. The SMILES string of the molecule is CCS(=O)(=O)C[C@H](NC(=O)OC(C)(C)C)[C@@]1(Cc2cc(O[C@H]3CC[C@H](C)CC3)ccn2)OC(C)(C)OC1=O. The lowest BCUT2D eigenvalue weighted by atomic mass is 9.88. The van der Waals surface area contributed by atoms with E-state index in [2.05, 4.69) is 17.2 Å². The molecule has 2 atom stereocenters. The summed E-state index contributed by atoms with van der Waals surface area (Å²) in [5.41, 5.74) is -2.27. The molecule has 1 aliphatic heterocycles. The van der Waals surface area contributed by atoms with Crippen LogP contribution in [0.5, 0.6) is 5.75 Å². The molecule has 1 aromatic rings. The number of hydrogen-bond donors (Lipinski definition) is 1. The number of pyridine rings is 1. The molecule has 1 saturated carbocycles. The molecule has 0 bridgehead atoms. The summed E-state index contributed by atoms with van der Waals surface area (Å²) >= 11 is 0. The zero-order chi connectivity index (χ0) is 28.4. The van der Waals surface area contributed by atoms with Crippen molar-refractivity contribution in [3.8, 4) is 5.75 Å². The van der Waals surface area contributed by atoms with Gasteiger partial charge in [-0.25, -0.2) is 18.0 Å². The van der Waals surface area contributed by atoms with Gasteiger partial charge >= 0.3 is 12.1 Å². The number of esters is 1. The predicted octanol–water partition coefficient (Wildman–Crippen LogP) is 3.96. The Morgan fingerprint density at radius 2 is 1.89 bits per heavy atom. The largest absolute Gasteiger partial charge is 0.490 e. The minimum atomic E-state index is -3.67. The van der Waals surface area contributed by atoms with Gasteiger partial charge in [0.05, 0.1) is 17.9 Å². The van der Waals surface area contributed by atoms with Gasteiger partial charge in [0.1, 0.15) is 11.4 Å². The number of nitrogens with zero attached hydrogens (tertiary/aromatic N) is 1. The van der Waals surface area contributed by atoms with Crippen molar-refractivity contribution in [2.45, 2.75) is 110 Å². The van der Waals surface area contributed by atoms with Crippen molar-refractivity contribution < 1.29 is 37.0 Å². The molecule has 1 aromatic heterocycles. The first kappa shape index (κ1) is 30.1. The van der Waals surface area contributed by atoms with Crippen molar-refractivity contribution >= 4 is 21.9 Å². The number of hydrogen-bond acceptors (Lipinski definition) is 9. The van der Waals surface area contributed by atoms with Crippen molar-refractivity contribution in [3.05, 3.63) is 24.0 Å². The Balaban J connectivity index is 1.95. The van der Waals surface area contributed by atoms with E-state index in [0.717, 1.165) is 25.7 Å². The molecule has 38 heavy (non-hydrogen) atoms. The van der Waals surface area contributed by atoms with Gasteiger partial charge in [0.25, 0.3) is 0 Å². The number of cyclic esters (lactones) is 1. The van der Waals surface area contributed by atoms with Crippen LogP contribution in [0.25, 0.3) is 0 Å². The normalized spacial score (nSPS) is 26.3. The Morgan fingerprint density at radius 3 is 2.45 bits per heavy atom. The first-order chi connectivity index (χ1) is 17.5. The van der Waals surface area contributed by atoms with Crippen LogP contribution in [0, 0.1) is 5.92 Å². The first-order valence-electron chi connectivity index (χ1n) is 13.3. The maximum absolute atomic E-state index is 13.4. The van der Waals surface area contributed by atoms with Gasteiger partial charge in [-0.05, 0) is 58.4 Å². The van der Waals surface area contributed by atoms with Crippen LogP contribution in [0.3, 0.4) is 0 Å². The molecule has 1 saturated heterocycles. The number of carbonyl (C=O) groups is 2. The van der Waals surface area contributed by atoms with Crippen LogP contribution < -0.4 is 10.1 Å². The second-order valence-electron chi connectivity index (χ2n) is 11.8. The topological polar surface area (TPSA) is 130 Å². The van der Waals surface area contributed by atoms with Gasteiger partial charge in [0, 0.05) is 44.0 Å². The van der Waals surface area contributed by atoms with Crippen LogP contribution in [0.2, 0.25) is 0 Å². The molecule has 0 unspecified atom stereocenters. The molecular weight excluding hydrogens is 512 g/mol. The fourth-order valence-electron chi connectivity index (χ4n) is 4.80. The summed E-state index contributed by atoms with van der Waals surface area (Å²) in [6.07, 6.45) is 4.78. The number of nitrogens with one attached hydrogen (secondary N) is 1. The van der Waals surface area contributed by atoms with Crippen LogP contribution in [0.15, 0.2) is 18.3 Å². The summed E-state index contributed by atoms with van der Waals surface area (Å²) in [5.74, 6) is -1.59. The van der Waals surface area contributed by atoms with E-state index >= 15 is 0 Å². The molecule has 3 rings (SSSR count). The van der Waals surface area contributed by atoms with Gasteiger partial charge in [0.15, 0.2) is 15.4 Å². The molecule has 1 amide bonds. The average molecular weight is 555 g/mol. The number of sulfone groups is 1. The Bertz CT molecular complexity index is 1110. The molecular formula is C27H42N2O8S. The molecule has 10 nitrogen and oxygen atoms in total. The van der Waals surface area contributed by atoms with E-state index in [4.69, 9.17) is 18.9 Å². The smallest absolute Gasteiger partial charge is 0.408 e. The number of alkyl carbamates (subject to hydrolysis) is 1. The molecule has 2 fully saturated rings. The van der Waals surface area contributed by atoms with Crippen LogP contribution >= 0.6 is 0 Å². The highest BCUT2D eigenvalue weighted by molar-refractivity contribution is 7.91. The van der Waals surface area contributed by atoms with Crippen molar-refractivity contribution in [2.75, 3.05) is 11.5 Å². The van der Waals surface area contributed by atoms with Gasteiger partial charge in [-0.1, -0.05) is 13.8 Å². The summed E-state index contributed by atoms with van der Waals surface area (Å²) < 4.78 is 48.8. The van der Waals surface area contributed by atoms with Crippen LogP contribution in [-0.2, 0) is 35.3 Å². The number of rotatable bonds is 9. The number of aromatic nitrogens is 1. The van der Waals surface area contributed by atoms with Crippen LogP contribution in [0.1, 0.15) is 79.8 Å². The molecule has 214 valence electrons. The minimum Gasteiger partial charge on any atom is -0.490 e. The van der Waals surface area contributed by atoms with Gasteiger partial charge < -0.3 is 24.3 Å². The van der Waals surface area contributed by atoms with Crippen LogP contribution in [0.4, 0.5) is 4.79 Å². The second-order valence-corrected chi connectivity index (χ2v) is 14.2. The zero-order valence-electron chi connectivity index (χ0n) is 23.5. The average Bonchev–Trinajstić information content (AvgIpc) is 3.02. The first-order valence-corrected chi connectivity index (χ1v) is 15.1. The maximum atomic E-state index is 13.4. The fraction of sp³-hybridized carbons (Fsp3) is 0.741. The lowest BCUT2D eigenvalue weighted by Gasteiger charge is -2.35. The Kier molecular flexibility index (Phi) is 9.02. The highest BCUT2D eigenvalue weighted by atomic mass is 32.2. The monoisotopic (exact) mass is 554 g/mol. The van der Waals surface area contributed by atoms with Crippen molar-refractivity contribution in [1.82, 2.24) is 10.3 Å². The fourth-order valence-corrected chi connectivity index (χ4v) is 5.90. The number of ether oxygens (including phenoxy) is 4. The molecule has 0 aromatic carbocycles. The standard InChI is InChI=1S/C27H42N2O8S/c1-8-38(32,33)17-22(29-24(31)36-25(3,4)5)27(23(30)35-26(6,7)37-27)16-19-15-21(13-14-28-19)34-20-11-9-18(2)10-12-20/h13-15,18,20,22H,8-12,16-17H2,1-7H3,(H,29,31)/t18-,20-,22-,27+/m0/s1. The van der Waals surface area contributed by atoms with Crippen molar-refractivity contribution in [2.24, 2.45) is 5.92 Å². The Hall–Kier alpha value is -2.40. The van der Waals surface area contributed by atoms with E-state index in [1.165, 1.54) is 6.92 Å². The highest BCUT2D eigenvalue weighted by Crippen LogP contribution is 2.38. The van der Waals surface area contributed by atoms with Crippen molar-refractivity contribution in [3.63, 3.8) is 0 Å². The van der Waals surface area contributed by atoms with Gasteiger partial charge in [-0.3, -0.25) is 4.98 Å². The molecule has 11 heteroatoms. The maximum Gasteiger partial charge on any atom is 0.408 e. The van der Waals surface area contributed by atoms with Crippen LogP contribution in [-0.4, -0.2) is 66.1 Å². The molecule has 1 aliphatic carbocycles. The third kappa shape index (κ3) is 8.05. The summed E-state index contributed by atoms with van der Waals surface area (Å²) in [4.78, 5) is 30.6. The van der Waals surface area contributed by atoms with E-state index in [-0.39, 0.29) is 18.3 Å². The number of amides is 1. The quantitative estimate of drug-likeness (QED) is 0.451. The molecule has 1 N–H and O–H groups in total. The minimum absolute atomic E-state index is 0.0957. The molecule has 0 radical (unpaired) electrons. The van der Waals surface area contributed by atoms with E-state index < -0.39 is 50.7 Å². The molecule has 2 aliphatic rings. The Morgan fingerprint density at radius 1 is 1.24 bits per heavy atom. The second kappa shape index (κ2) is 11.4. The number of carbonyl (C=O) groups excluding carboxylic acids is 2. The van der Waals surface area contributed by atoms with E-state index in [1.807, 2.05) is 0 Å². The Labute approximate surface area is 226 Å². The van der Waals surface area contributed by atoms with Gasteiger partial charge in [0.2, 0.25) is 5.79 Å². The lowest BCUT2D eigenvalue weighted by molar-refractivity contribution is -0.169. The third-order valence-electron chi connectivity index (χ3n) is 6.72. The highest BCUT2D eigenvalue weighted by Gasteiger charge is 2.60. The van der Waals surface area contributed by atoms with E-state index in [9.17, 15) is 18.0 Å². The zero-order valence-corrected chi connectivity index (χ0v) is 24.4. The summed E-state index contributed by atoms with van der Waals surface area (Å²) in [7, 11) is -3.67. The van der Waals surface area contributed by atoms with Crippen molar-refractivity contribution in [1.29, 1.82) is 0 Å². The van der Waals surface area contributed by atoms with E-state index in [0.29, 0.717) is 17.4 Å². The van der Waals surface area contributed by atoms with E-state index in [1.54, 1.807) is 52.9 Å². The van der Waals surface area contributed by atoms with Gasteiger partial charge in [-0.2, -0.15) is 0 Å². The summed E-state index contributed by atoms with van der Waals surface area (Å²) in [6.45, 7) is 11.9. The van der Waals surface area contributed by atoms with Gasteiger partial charge in [-0.15, -0.1) is 0 Å². The summed E-state index contributed by atoms with van der Waals surface area (Å²) in [6, 6.07) is 2.17. The predicted molar refractivity (Wildman–Crippen MR) is 141 cm³/mol.